The minimum Gasteiger partial charge on any atom is -0.497 e. The molecule has 3 heterocycles. The topological polar surface area (TPSA) is 105 Å². The molecule has 3 aromatic heterocycles. The van der Waals surface area contributed by atoms with Crippen molar-refractivity contribution in [3.8, 4) is 33.8 Å². The molecule has 0 saturated carbocycles. The second kappa shape index (κ2) is 5.78. The average Bonchev–Trinajstić information content (AvgIpc) is 3.34. The van der Waals surface area contributed by atoms with Gasteiger partial charge in [0.1, 0.15) is 5.75 Å². The van der Waals surface area contributed by atoms with Gasteiger partial charge < -0.3 is 14.9 Å². The van der Waals surface area contributed by atoms with Crippen LogP contribution in [0.4, 0.5) is 5.82 Å². The summed E-state index contributed by atoms with van der Waals surface area (Å²) in [5, 5.41) is 18.1. The Hall–Kier alpha value is -3.20. The van der Waals surface area contributed by atoms with E-state index in [-0.39, 0.29) is 5.89 Å². The molecule has 9 heteroatoms. The van der Waals surface area contributed by atoms with Crippen molar-refractivity contribution < 1.29 is 9.15 Å². The highest BCUT2D eigenvalue weighted by molar-refractivity contribution is 7.13. The molecule has 0 saturated heterocycles. The molecule has 0 atom stereocenters. The Kier molecular flexibility index (Phi) is 3.47. The number of nitrogens with two attached hydrogens (primary N) is 1. The van der Waals surface area contributed by atoms with Gasteiger partial charge in [-0.15, -0.1) is 26.6 Å². The van der Waals surface area contributed by atoms with E-state index in [4.69, 9.17) is 14.9 Å². The Morgan fingerprint density at radius 2 is 2.00 bits per heavy atom. The van der Waals surface area contributed by atoms with Crippen LogP contribution in [0.15, 0.2) is 46.2 Å². The minimum atomic E-state index is 0.227. The normalized spacial score (nSPS) is 10.9. The molecule has 0 spiro atoms. The van der Waals surface area contributed by atoms with Gasteiger partial charge in [0.15, 0.2) is 11.5 Å². The molecule has 4 rings (SSSR count). The largest absolute Gasteiger partial charge is 0.497 e. The Bertz CT molecular complexity index is 976. The van der Waals surface area contributed by atoms with Crippen molar-refractivity contribution in [1.82, 2.24) is 25.2 Å². The highest BCUT2D eigenvalue weighted by Gasteiger charge is 2.20. The van der Waals surface area contributed by atoms with Gasteiger partial charge in [-0.3, -0.25) is 0 Å². The lowest BCUT2D eigenvalue weighted by molar-refractivity contribution is 0.414. The van der Waals surface area contributed by atoms with E-state index in [2.05, 4.69) is 20.5 Å². The second-order valence-corrected chi connectivity index (χ2v) is 5.77. The zero-order chi connectivity index (χ0) is 16.5. The number of hydrogen-bond acceptors (Lipinski definition) is 8. The Morgan fingerprint density at radius 1 is 1.12 bits per heavy atom. The highest BCUT2D eigenvalue weighted by Crippen LogP contribution is 2.29. The zero-order valence-electron chi connectivity index (χ0n) is 12.6. The average molecular weight is 340 g/mol. The first-order valence-corrected chi connectivity index (χ1v) is 7.87. The smallest absolute Gasteiger partial charge is 0.272 e. The van der Waals surface area contributed by atoms with Crippen molar-refractivity contribution in [1.29, 1.82) is 0 Å². The molecule has 120 valence electrons. The molecule has 0 amide bonds. The standard InChI is InChI=1S/C15H12N6O2S/c1-22-10-5-2-4-9(8-10)21-13(16)12(17-20-21)15-19-18-14(23-15)11-6-3-7-24-11/h2-8H,16H2,1H3. The highest BCUT2D eigenvalue weighted by atomic mass is 32.1. The number of ether oxygens (including phenoxy) is 1. The van der Waals surface area contributed by atoms with Crippen LogP contribution in [0.25, 0.3) is 28.0 Å². The van der Waals surface area contributed by atoms with Gasteiger partial charge in [0, 0.05) is 6.07 Å². The minimum absolute atomic E-state index is 0.227. The van der Waals surface area contributed by atoms with Gasteiger partial charge in [0.05, 0.1) is 17.7 Å². The van der Waals surface area contributed by atoms with Crippen LogP contribution in [-0.4, -0.2) is 32.3 Å². The third kappa shape index (κ3) is 2.40. The van der Waals surface area contributed by atoms with Crippen molar-refractivity contribution in [2.75, 3.05) is 12.8 Å². The first-order chi connectivity index (χ1) is 11.8. The van der Waals surface area contributed by atoms with Gasteiger partial charge >= 0.3 is 0 Å². The molecular formula is C15H12N6O2S. The molecule has 24 heavy (non-hydrogen) atoms. The van der Waals surface area contributed by atoms with Gasteiger partial charge in [-0.25, -0.2) is 0 Å². The lowest BCUT2D eigenvalue weighted by Crippen LogP contribution is -2.02. The monoisotopic (exact) mass is 340 g/mol. The maximum absolute atomic E-state index is 6.16. The van der Waals surface area contributed by atoms with Gasteiger partial charge in [-0.1, -0.05) is 17.3 Å². The number of nitrogen functional groups attached to an aromatic ring is 1. The Labute approximate surface area is 140 Å². The van der Waals surface area contributed by atoms with Gasteiger partial charge in [-0.05, 0) is 23.6 Å². The van der Waals surface area contributed by atoms with E-state index in [1.165, 1.54) is 16.0 Å². The molecule has 0 bridgehead atoms. The zero-order valence-corrected chi connectivity index (χ0v) is 13.4. The first-order valence-electron chi connectivity index (χ1n) is 6.99. The van der Waals surface area contributed by atoms with E-state index >= 15 is 0 Å². The lowest BCUT2D eigenvalue weighted by atomic mass is 10.3. The van der Waals surface area contributed by atoms with Crippen molar-refractivity contribution in [2.24, 2.45) is 0 Å². The van der Waals surface area contributed by atoms with Crippen LogP contribution in [0.3, 0.4) is 0 Å². The van der Waals surface area contributed by atoms with E-state index < -0.39 is 0 Å². The molecule has 1 aromatic carbocycles. The van der Waals surface area contributed by atoms with E-state index in [9.17, 15) is 0 Å². The van der Waals surface area contributed by atoms with Crippen LogP contribution >= 0.6 is 11.3 Å². The van der Waals surface area contributed by atoms with Crippen molar-refractivity contribution in [2.45, 2.75) is 0 Å². The number of anilines is 1. The maximum Gasteiger partial charge on any atom is 0.272 e. The van der Waals surface area contributed by atoms with Crippen LogP contribution in [0, 0.1) is 0 Å². The molecule has 0 unspecified atom stereocenters. The predicted molar refractivity (Wildman–Crippen MR) is 88.9 cm³/mol. The fraction of sp³-hybridized carbons (Fsp3) is 0.0667. The molecule has 0 radical (unpaired) electrons. The van der Waals surface area contributed by atoms with Crippen LogP contribution in [0.5, 0.6) is 5.75 Å². The summed E-state index contributed by atoms with van der Waals surface area (Å²) in [7, 11) is 1.60. The molecule has 2 N–H and O–H groups in total. The van der Waals surface area contributed by atoms with Crippen LogP contribution < -0.4 is 10.5 Å². The third-order valence-corrected chi connectivity index (χ3v) is 4.22. The molecule has 0 aliphatic carbocycles. The van der Waals surface area contributed by atoms with Crippen LogP contribution in [0.1, 0.15) is 0 Å². The number of aromatic nitrogens is 5. The molecule has 0 aliphatic rings. The Morgan fingerprint density at radius 3 is 2.79 bits per heavy atom. The lowest BCUT2D eigenvalue weighted by Gasteiger charge is -2.05. The van der Waals surface area contributed by atoms with Crippen molar-refractivity contribution in [3.63, 3.8) is 0 Å². The number of rotatable bonds is 4. The molecule has 0 aliphatic heterocycles. The summed E-state index contributed by atoms with van der Waals surface area (Å²) >= 11 is 1.51. The molecular weight excluding hydrogens is 328 g/mol. The molecule has 0 fully saturated rings. The predicted octanol–water partition coefficient (Wildman–Crippen LogP) is 2.64. The van der Waals surface area contributed by atoms with Crippen molar-refractivity contribution in [3.05, 3.63) is 41.8 Å². The van der Waals surface area contributed by atoms with Gasteiger partial charge in [0.25, 0.3) is 11.8 Å². The van der Waals surface area contributed by atoms with Gasteiger partial charge in [-0.2, -0.15) is 4.68 Å². The van der Waals surface area contributed by atoms with Crippen molar-refractivity contribution >= 4 is 17.2 Å². The van der Waals surface area contributed by atoms with E-state index in [0.29, 0.717) is 23.2 Å². The summed E-state index contributed by atoms with van der Waals surface area (Å²) in [6.07, 6.45) is 0. The summed E-state index contributed by atoms with van der Waals surface area (Å²) in [5.41, 5.74) is 7.23. The number of nitrogens with zero attached hydrogens (tertiary/aromatic N) is 5. The number of thiophene rings is 1. The Balaban J connectivity index is 1.72. The number of hydrogen-bond donors (Lipinski definition) is 1. The number of benzene rings is 1. The van der Waals surface area contributed by atoms with E-state index in [1.807, 2.05) is 35.7 Å². The quantitative estimate of drug-likeness (QED) is 0.609. The SMILES string of the molecule is COc1cccc(-n2nnc(-c3nnc(-c4cccs4)o3)c2N)c1. The second-order valence-electron chi connectivity index (χ2n) is 4.83. The summed E-state index contributed by atoms with van der Waals surface area (Å²) in [6, 6.07) is 11.1. The van der Waals surface area contributed by atoms with E-state index in [1.54, 1.807) is 13.2 Å². The third-order valence-electron chi connectivity index (χ3n) is 3.36. The summed E-state index contributed by atoms with van der Waals surface area (Å²) in [4.78, 5) is 0.882. The summed E-state index contributed by atoms with van der Waals surface area (Å²) < 4.78 is 12.4. The van der Waals surface area contributed by atoms with Gasteiger partial charge in [0.2, 0.25) is 0 Å². The van der Waals surface area contributed by atoms with E-state index in [0.717, 1.165) is 10.6 Å². The molecule has 8 nitrogen and oxygen atoms in total. The maximum atomic E-state index is 6.16. The van der Waals surface area contributed by atoms with Crippen LogP contribution in [-0.2, 0) is 0 Å². The fourth-order valence-electron chi connectivity index (χ4n) is 2.19. The van der Waals surface area contributed by atoms with Crippen LogP contribution in [0.2, 0.25) is 0 Å². The number of methoxy groups -OCH3 is 1. The summed E-state index contributed by atoms with van der Waals surface area (Å²) in [6.45, 7) is 0. The first kappa shape index (κ1) is 14.4. The molecule has 4 aromatic rings. The fourth-order valence-corrected chi connectivity index (χ4v) is 2.84. The summed E-state index contributed by atoms with van der Waals surface area (Å²) in [5.74, 6) is 1.66.